The number of nitrogens with one attached hydrogen (secondary N) is 1. The zero-order chi connectivity index (χ0) is 19.4. The average molecular weight is 370 g/mol. The van der Waals surface area contributed by atoms with Crippen LogP contribution in [0.4, 0.5) is 14.6 Å². The predicted molar refractivity (Wildman–Crippen MR) is 97.4 cm³/mol. The maximum Gasteiger partial charge on any atom is 0.256 e. The summed E-state index contributed by atoms with van der Waals surface area (Å²) in [4.78, 5) is 25.3. The fourth-order valence-corrected chi connectivity index (χ4v) is 2.67. The van der Waals surface area contributed by atoms with Gasteiger partial charge >= 0.3 is 0 Å². The molecule has 0 atom stereocenters. The number of hydrogen-bond acceptors (Lipinski definition) is 4. The number of aliphatic hydroxyl groups is 1. The Balaban J connectivity index is 2.17. The number of ketones is 1. The van der Waals surface area contributed by atoms with Crippen molar-refractivity contribution in [2.75, 3.05) is 18.5 Å². The van der Waals surface area contributed by atoms with Gasteiger partial charge in [0.05, 0.1) is 17.9 Å². The van der Waals surface area contributed by atoms with Crippen LogP contribution >= 0.6 is 0 Å². The fourth-order valence-electron chi connectivity index (χ4n) is 2.67. The number of pyridine rings is 1. The first-order valence-corrected chi connectivity index (χ1v) is 8.18. The first-order valence-electron chi connectivity index (χ1n) is 8.18. The molecular weight excluding hydrogens is 354 g/mol. The molecule has 1 aromatic heterocycles. The van der Waals surface area contributed by atoms with Crippen molar-refractivity contribution < 1.29 is 18.7 Å². The van der Waals surface area contributed by atoms with Crippen LogP contribution in [-0.4, -0.2) is 28.6 Å². The summed E-state index contributed by atoms with van der Waals surface area (Å²) in [7, 11) is 0. The molecule has 0 bridgehead atoms. The molecule has 7 heteroatoms. The third-order valence-corrected chi connectivity index (χ3v) is 3.93. The van der Waals surface area contributed by atoms with E-state index in [0.717, 1.165) is 0 Å². The quantitative estimate of drug-likeness (QED) is 0.655. The monoisotopic (exact) mass is 370 g/mol. The van der Waals surface area contributed by atoms with E-state index in [9.17, 15) is 18.4 Å². The van der Waals surface area contributed by atoms with Crippen molar-refractivity contribution in [2.45, 2.75) is 0 Å². The van der Waals surface area contributed by atoms with Gasteiger partial charge in [0.2, 0.25) is 0 Å². The second-order valence-electron chi connectivity index (χ2n) is 5.73. The molecule has 27 heavy (non-hydrogen) atoms. The van der Waals surface area contributed by atoms with Crippen LogP contribution < -0.4 is 10.9 Å². The Labute approximate surface area is 153 Å². The van der Waals surface area contributed by atoms with E-state index in [-0.39, 0.29) is 30.1 Å². The molecule has 3 aromatic rings. The summed E-state index contributed by atoms with van der Waals surface area (Å²) in [5, 5.41) is 12.0. The topological polar surface area (TPSA) is 71.3 Å². The molecule has 5 nitrogen and oxygen atoms in total. The molecule has 1 heterocycles. The molecule has 0 amide bonds. The van der Waals surface area contributed by atoms with E-state index in [2.05, 4.69) is 5.32 Å². The Morgan fingerprint density at radius 1 is 0.926 bits per heavy atom. The Morgan fingerprint density at radius 2 is 1.52 bits per heavy atom. The molecule has 0 aliphatic carbocycles. The van der Waals surface area contributed by atoms with Crippen LogP contribution in [0.3, 0.4) is 0 Å². The third kappa shape index (κ3) is 3.93. The van der Waals surface area contributed by atoms with E-state index in [1.165, 1.54) is 65.2 Å². The number of aliphatic hydroxyl groups excluding tert-OH is 1. The highest BCUT2D eigenvalue weighted by molar-refractivity contribution is 6.12. The van der Waals surface area contributed by atoms with E-state index in [1.807, 2.05) is 0 Å². The van der Waals surface area contributed by atoms with Crippen molar-refractivity contribution in [1.29, 1.82) is 0 Å². The summed E-state index contributed by atoms with van der Waals surface area (Å²) in [5.41, 5.74) is 0.333. The van der Waals surface area contributed by atoms with Crippen molar-refractivity contribution in [1.82, 2.24) is 4.57 Å². The van der Waals surface area contributed by atoms with Crippen LogP contribution in [0.15, 0.2) is 65.5 Å². The first-order chi connectivity index (χ1) is 13.0. The van der Waals surface area contributed by atoms with E-state index < -0.39 is 23.0 Å². The smallest absolute Gasteiger partial charge is 0.256 e. The van der Waals surface area contributed by atoms with Gasteiger partial charge in [-0.1, -0.05) is 0 Å². The van der Waals surface area contributed by atoms with Gasteiger partial charge in [0, 0.05) is 18.2 Å². The van der Waals surface area contributed by atoms with Crippen LogP contribution in [0.1, 0.15) is 15.9 Å². The minimum absolute atomic E-state index is 0.0916. The minimum Gasteiger partial charge on any atom is -0.395 e. The maximum atomic E-state index is 13.2. The van der Waals surface area contributed by atoms with Gasteiger partial charge in [0.15, 0.2) is 5.78 Å². The molecule has 2 N–H and O–H groups in total. The van der Waals surface area contributed by atoms with Gasteiger partial charge in [-0.15, -0.1) is 0 Å². The number of hydrogen-bond donors (Lipinski definition) is 2. The van der Waals surface area contributed by atoms with Gasteiger partial charge in [-0.25, -0.2) is 8.78 Å². The summed E-state index contributed by atoms with van der Waals surface area (Å²) in [6, 6.07) is 12.9. The Morgan fingerprint density at radius 3 is 2.11 bits per heavy atom. The van der Waals surface area contributed by atoms with Crippen molar-refractivity contribution in [2.24, 2.45) is 0 Å². The molecule has 0 radical (unpaired) electrons. The lowest BCUT2D eigenvalue weighted by Gasteiger charge is -2.17. The van der Waals surface area contributed by atoms with E-state index >= 15 is 0 Å². The number of anilines is 1. The number of halogens is 2. The highest BCUT2D eigenvalue weighted by Crippen LogP contribution is 2.22. The molecule has 0 saturated carbocycles. The largest absolute Gasteiger partial charge is 0.395 e. The Kier molecular flexibility index (Phi) is 5.42. The lowest BCUT2D eigenvalue weighted by molar-refractivity contribution is 0.103. The third-order valence-electron chi connectivity index (χ3n) is 3.93. The zero-order valence-electron chi connectivity index (χ0n) is 14.2. The number of aromatic nitrogens is 1. The number of nitrogens with zero attached hydrogens (tertiary/aromatic N) is 1. The molecule has 0 saturated heterocycles. The number of carbonyl (C=O) groups is 1. The zero-order valence-corrected chi connectivity index (χ0v) is 14.2. The van der Waals surface area contributed by atoms with Crippen LogP contribution in [0, 0.1) is 11.6 Å². The summed E-state index contributed by atoms with van der Waals surface area (Å²) >= 11 is 0. The van der Waals surface area contributed by atoms with Crippen molar-refractivity contribution in [3.05, 3.63) is 93.8 Å². The molecule has 138 valence electrons. The SMILES string of the molecule is O=C(c1ccc(F)cc1)c1ccc(=O)n(-c2ccc(F)cc2)c1NCCO. The average Bonchev–Trinajstić information content (AvgIpc) is 2.67. The van der Waals surface area contributed by atoms with Crippen molar-refractivity contribution in [3.8, 4) is 5.69 Å². The van der Waals surface area contributed by atoms with E-state index in [0.29, 0.717) is 5.69 Å². The Bertz CT molecular complexity index is 1010. The van der Waals surface area contributed by atoms with Gasteiger partial charge in [-0.2, -0.15) is 0 Å². The highest BCUT2D eigenvalue weighted by Gasteiger charge is 2.19. The molecular formula is C20H16F2N2O3. The summed E-state index contributed by atoms with van der Waals surface area (Å²) < 4.78 is 27.6. The van der Waals surface area contributed by atoms with Crippen LogP contribution in [0.5, 0.6) is 0 Å². The second-order valence-corrected chi connectivity index (χ2v) is 5.73. The normalized spacial score (nSPS) is 10.6. The summed E-state index contributed by atoms with van der Waals surface area (Å²) in [6.45, 7) is -0.134. The lowest BCUT2D eigenvalue weighted by Crippen LogP contribution is -2.25. The van der Waals surface area contributed by atoms with Gasteiger partial charge in [-0.3, -0.25) is 14.2 Å². The molecule has 0 aliphatic heterocycles. The molecule has 0 fully saturated rings. The van der Waals surface area contributed by atoms with Crippen LogP contribution in [0.25, 0.3) is 5.69 Å². The molecule has 0 spiro atoms. The van der Waals surface area contributed by atoms with Gasteiger partial charge in [0.25, 0.3) is 5.56 Å². The van der Waals surface area contributed by atoms with Crippen molar-refractivity contribution in [3.63, 3.8) is 0 Å². The lowest BCUT2D eigenvalue weighted by atomic mass is 10.0. The first kappa shape index (κ1) is 18.5. The summed E-state index contributed by atoms with van der Waals surface area (Å²) in [6.07, 6.45) is 0. The summed E-state index contributed by atoms with van der Waals surface area (Å²) in [5.74, 6) is -1.19. The predicted octanol–water partition coefficient (Wildman–Crippen LogP) is 2.75. The minimum atomic E-state index is -0.471. The fraction of sp³-hybridized carbons (Fsp3) is 0.100. The van der Waals surface area contributed by atoms with Gasteiger partial charge in [-0.05, 0) is 54.6 Å². The van der Waals surface area contributed by atoms with E-state index in [1.54, 1.807) is 0 Å². The number of benzene rings is 2. The molecule has 2 aromatic carbocycles. The van der Waals surface area contributed by atoms with Crippen LogP contribution in [-0.2, 0) is 0 Å². The Hall–Kier alpha value is -3.32. The molecule has 3 rings (SSSR count). The molecule has 0 aliphatic rings. The van der Waals surface area contributed by atoms with Gasteiger partial charge < -0.3 is 10.4 Å². The maximum absolute atomic E-state index is 13.2. The standard InChI is InChI=1S/C20H16F2N2O3/c21-14-3-1-13(2-4-14)19(27)17-9-10-18(26)24(20(17)23-11-12-25)16-7-5-15(22)6-8-16/h1-10,23,25H,11-12H2. The second kappa shape index (κ2) is 7.92. The number of rotatable bonds is 6. The van der Waals surface area contributed by atoms with Crippen molar-refractivity contribution >= 4 is 11.6 Å². The van der Waals surface area contributed by atoms with Gasteiger partial charge in [0.1, 0.15) is 17.5 Å². The molecule has 0 unspecified atom stereocenters. The highest BCUT2D eigenvalue weighted by atomic mass is 19.1. The van der Waals surface area contributed by atoms with E-state index in [4.69, 9.17) is 5.11 Å². The number of carbonyl (C=O) groups excluding carboxylic acids is 1. The van der Waals surface area contributed by atoms with Crippen LogP contribution in [0.2, 0.25) is 0 Å².